The van der Waals surface area contributed by atoms with E-state index in [9.17, 15) is 9.90 Å². The zero-order valence-electron chi connectivity index (χ0n) is 17.8. The van der Waals surface area contributed by atoms with Gasteiger partial charge < -0.3 is 19.7 Å². The molecule has 2 aromatic carbocycles. The largest absolute Gasteiger partial charge is 0.504 e. The van der Waals surface area contributed by atoms with Crippen molar-refractivity contribution in [3.8, 4) is 11.5 Å². The van der Waals surface area contributed by atoms with Crippen molar-refractivity contribution in [2.75, 3.05) is 11.9 Å². The quantitative estimate of drug-likeness (QED) is 0.530. The monoisotopic (exact) mass is 450 g/mol. The summed E-state index contributed by atoms with van der Waals surface area (Å²) < 4.78 is 11.2. The molecule has 6 nitrogen and oxygen atoms in total. The van der Waals surface area contributed by atoms with Crippen LogP contribution >= 0.6 is 11.6 Å². The number of aryl methyl sites for hydroxylation is 1. The first-order valence-electron chi connectivity index (χ1n) is 10.7. The van der Waals surface area contributed by atoms with E-state index in [1.807, 2.05) is 44.2 Å². The predicted molar refractivity (Wildman–Crippen MR) is 121 cm³/mol. The third-order valence-electron chi connectivity index (χ3n) is 6.22. The third kappa shape index (κ3) is 3.45. The molecule has 0 saturated heterocycles. The van der Waals surface area contributed by atoms with Crippen molar-refractivity contribution in [1.29, 1.82) is 0 Å². The van der Waals surface area contributed by atoms with Gasteiger partial charge >= 0.3 is 0 Å². The van der Waals surface area contributed by atoms with E-state index in [-0.39, 0.29) is 23.4 Å². The van der Waals surface area contributed by atoms with Gasteiger partial charge in [0.2, 0.25) is 5.88 Å². The van der Waals surface area contributed by atoms with E-state index in [1.54, 1.807) is 12.1 Å². The number of aromatic nitrogens is 1. The Morgan fingerprint density at radius 2 is 1.94 bits per heavy atom. The molecular weight excluding hydrogens is 428 g/mol. The summed E-state index contributed by atoms with van der Waals surface area (Å²) in [6.07, 6.45) is 1.09. The second-order valence-electron chi connectivity index (χ2n) is 8.20. The number of hydrogen-bond acceptors (Lipinski definition) is 6. The average molecular weight is 451 g/mol. The molecule has 164 valence electrons. The van der Waals surface area contributed by atoms with Gasteiger partial charge in [-0.1, -0.05) is 35.0 Å². The molecule has 32 heavy (non-hydrogen) atoms. The number of ether oxygens (including phenoxy) is 1. The minimum Gasteiger partial charge on any atom is -0.504 e. The Morgan fingerprint density at radius 3 is 2.69 bits per heavy atom. The molecule has 0 fully saturated rings. The van der Waals surface area contributed by atoms with E-state index < -0.39 is 0 Å². The minimum absolute atomic E-state index is 0.0519. The lowest BCUT2D eigenvalue weighted by atomic mass is 9.72. The maximum Gasteiger partial charge on any atom is 0.233 e. The van der Waals surface area contributed by atoms with Crippen molar-refractivity contribution in [3.05, 3.63) is 81.1 Å². The first-order chi connectivity index (χ1) is 15.5. The number of benzene rings is 2. The molecule has 1 aromatic heterocycles. The number of ketones is 1. The fourth-order valence-corrected chi connectivity index (χ4v) is 4.88. The topological polar surface area (TPSA) is 84.6 Å². The molecule has 0 amide bonds. The molecule has 5 rings (SSSR count). The van der Waals surface area contributed by atoms with Gasteiger partial charge in [0.05, 0.1) is 17.9 Å². The zero-order chi connectivity index (χ0) is 22.4. The van der Waals surface area contributed by atoms with Gasteiger partial charge in [-0.05, 0) is 61.6 Å². The Balaban J connectivity index is 1.61. The molecule has 1 aliphatic heterocycles. The molecule has 2 N–H and O–H groups in total. The molecule has 2 aliphatic rings. The highest BCUT2D eigenvalue weighted by atomic mass is 35.5. The Bertz CT molecular complexity index is 1230. The number of fused-ring (bicyclic) bond motifs is 1. The van der Waals surface area contributed by atoms with Crippen LogP contribution in [0.3, 0.4) is 0 Å². The van der Waals surface area contributed by atoms with Gasteiger partial charge in [0.1, 0.15) is 0 Å². The van der Waals surface area contributed by atoms with E-state index >= 15 is 0 Å². The maximum atomic E-state index is 13.5. The Labute approximate surface area is 190 Å². The number of halogens is 1. The molecule has 2 heterocycles. The SMILES string of the molecule is CCOc1cc([C@@H]2C3=C(C[C@H](c4ccc(Cl)cc4)CC3=O)Nc3onc(C)c32)ccc1O. The molecule has 0 radical (unpaired) electrons. The van der Waals surface area contributed by atoms with E-state index in [1.165, 1.54) is 0 Å². The highest BCUT2D eigenvalue weighted by Gasteiger charge is 2.41. The highest BCUT2D eigenvalue weighted by Crippen LogP contribution is 2.49. The van der Waals surface area contributed by atoms with Crippen LogP contribution in [0.5, 0.6) is 11.5 Å². The summed E-state index contributed by atoms with van der Waals surface area (Å²) in [5, 5.41) is 18.3. The number of rotatable bonds is 4. The van der Waals surface area contributed by atoms with Crippen molar-refractivity contribution < 1.29 is 19.2 Å². The average Bonchev–Trinajstić information content (AvgIpc) is 3.15. The molecule has 2 atom stereocenters. The van der Waals surface area contributed by atoms with Crippen LogP contribution in [-0.2, 0) is 4.79 Å². The smallest absolute Gasteiger partial charge is 0.233 e. The van der Waals surface area contributed by atoms with E-state index in [0.717, 1.165) is 33.7 Å². The Kier molecular flexibility index (Phi) is 5.18. The lowest BCUT2D eigenvalue weighted by Crippen LogP contribution is -2.29. The van der Waals surface area contributed by atoms with Crippen LogP contribution < -0.4 is 10.1 Å². The number of allylic oxidation sites excluding steroid dienone is 2. The first kappa shape index (κ1) is 20.6. The number of anilines is 1. The molecule has 0 saturated carbocycles. The number of nitrogens with one attached hydrogen (secondary N) is 1. The van der Waals surface area contributed by atoms with Gasteiger partial charge in [-0.2, -0.15) is 0 Å². The lowest BCUT2D eigenvalue weighted by Gasteiger charge is -2.34. The molecule has 1 aliphatic carbocycles. The predicted octanol–water partition coefficient (Wildman–Crippen LogP) is 5.70. The number of nitrogens with zero attached hydrogens (tertiary/aromatic N) is 1. The van der Waals surface area contributed by atoms with Crippen LogP contribution in [0.1, 0.15) is 54.0 Å². The number of carbonyl (C=O) groups is 1. The van der Waals surface area contributed by atoms with Gasteiger partial charge in [0, 0.05) is 28.6 Å². The van der Waals surface area contributed by atoms with E-state index in [4.69, 9.17) is 20.9 Å². The number of phenols is 1. The molecule has 0 unspecified atom stereocenters. The van der Waals surface area contributed by atoms with Crippen molar-refractivity contribution in [2.45, 2.75) is 38.5 Å². The number of phenolic OH excluding ortho intramolecular Hbond substituents is 1. The molecule has 7 heteroatoms. The summed E-state index contributed by atoms with van der Waals surface area (Å²) >= 11 is 6.05. The van der Waals surface area contributed by atoms with E-state index in [0.29, 0.717) is 36.1 Å². The van der Waals surface area contributed by atoms with Crippen molar-refractivity contribution in [3.63, 3.8) is 0 Å². The number of Topliss-reactive ketones (excluding diaryl/α,β-unsaturated/α-hetero) is 1. The van der Waals surface area contributed by atoms with E-state index in [2.05, 4.69) is 10.5 Å². The highest BCUT2D eigenvalue weighted by molar-refractivity contribution is 6.30. The van der Waals surface area contributed by atoms with Crippen LogP contribution in [0.4, 0.5) is 5.88 Å². The van der Waals surface area contributed by atoms with Crippen LogP contribution in [0.25, 0.3) is 0 Å². The fraction of sp³-hybridized carbons (Fsp3) is 0.280. The van der Waals surface area contributed by atoms with Crippen LogP contribution in [0.2, 0.25) is 5.02 Å². The van der Waals surface area contributed by atoms with Crippen molar-refractivity contribution >= 4 is 23.3 Å². The molecule has 3 aromatic rings. The fourth-order valence-electron chi connectivity index (χ4n) is 4.76. The minimum atomic E-state index is -0.342. The summed E-state index contributed by atoms with van der Waals surface area (Å²) in [7, 11) is 0. The summed E-state index contributed by atoms with van der Waals surface area (Å²) in [5.41, 5.74) is 5.07. The summed E-state index contributed by atoms with van der Waals surface area (Å²) in [5.74, 6) is 0.812. The summed E-state index contributed by atoms with van der Waals surface area (Å²) in [4.78, 5) is 13.5. The molecular formula is C25H23ClN2O4. The van der Waals surface area contributed by atoms with Gasteiger partial charge in [-0.25, -0.2) is 0 Å². The molecule has 0 bridgehead atoms. The number of carbonyl (C=O) groups excluding carboxylic acids is 1. The lowest BCUT2D eigenvalue weighted by molar-refractivity contribution is -0.116. The van der Waals surface area contributed by atoms with Gasteiger partial charge in [-0.3, -0.25) is 4.79 Å². The summed E-state index contributed by atoms with van der Waals surface area (Å²) in [6, 6.07) is 12.9. The first-order valence-corrected chi connectivity index (χ1v) is 11.0. The standard InChI is InChI=1S/C25H23ClN2O4/c1-3-31-21-12-15(6-9-19(21)29)23-22-13(2)28-32-25(22)27-18-10-16(11-20(30)24(18)23)14-4-7-17(26)8-5-14/h4-9,12,16,23,27,29H,3,10-11H2,1-2H3/t16-,23-/m0/s1. The number of aromatic hydroxyl groups is 1. The third-order valence-corrected chi connectivity index (χ3v) is 6.47. The Hall–Kier alpha value is -3.25. The van der Waals surface area contributed by atoms with Crippen LogP contribution in [-0.4, -0.2) is 22.7 Å². The normalized spacial score (nSPS) is 19.9. The van der Waals surface area contributed by atoms with Gasteiger partial charge in [-0.15, -0.1) is 0 Å². The van der Waals surface area contributed by atoms with Crippen molar-refractivity contribution in [2.24, 2.45) is 0 Å². The number of hydrogen-bond donors (Lipinski definition) is 2. The Morgan fingerprint density at radius 1 is 1.19 bits per heavy atom. The second-order valence-corrected chi connectivity index (χ2v) is 8.64. The van der Waals surface area contributed by atoms with Crippen LogP contribution in [0, 0.1) is 6.92 Å². The maximum absolute atomic E-state index is 13.5. The van der Waals surface area contributed by atoms with Crippen molar-refractivity contribution in [1.82, 2.24) is 5.16 Å². The second kappa shape index (κ2) is 8.02. The summed E-state index contributed by atoms with van der Waals surface area (Å²) in [6.45, 7) is 4.16. The molecule has 0 spiro atoms. The van der Waals surface area contributed by atoms with Crippen LogP contribution in [0.15, 0.2) is 58.3 Å². The van der Waals surface area contributed by atoms with Gasteiger partial charge in [0.15, 0.2) is 17.3 Å². The zero-order valence-corrected chi connectivity index (χ0v) is 18.6. The van der Waals surface area contributed by atoms with Gasteiger partial charge in [0.25, 0.3) is 0 Å².